The fourth-order valence-electron chi connectivity index (χ4n) is 1.39. The van der Waals surface area contributed by atoms with Crippen molar-refractivity contribution in [1.82, 2.24) is 0 Å². The highest BCUT2D eigenvalue weighted by atomic mass is 32.2. The Morgan fingerprint density at radius 1 is 0.889 bits per heavy atom. The first-order chi connectivity index (χ1) is 8.45. The number of hydrogen-bond donors (Lipinski definition) is 0. The van der Waals surface area contributed by atoms with Crippen molar-refractivity contribution in [3.05, 3.63) is 54.3 Å². The summed E-state index contributed by atoms with van der Waals surface area (Å²) in [4.78, 5) is 0.231. The van der Waals surface area contributed by atoms with Crippen molar-refractivity contribution in [2.45, 2.75) is 4.90 Å². The molecule has 0 unspecified atom stereocenters. The lowest BCUT2D eigenvalue weighted by atomic mass is 10.3. The van der Waals surface area contributed by atoms with Gasteiger partial charge in [-0.05, 0) is 48.5 Å². The second-order valence-corrected chi connectivity index (χ2v) is 5.82. The van der Waals surface area contributed by atoms with E-state index < -0.39 is 9.84 Å². The standard InChI is InChI=1S/C13H11FO3S/c1-18(15,16)13-8-6-12(7-9-13)17-11-4-2-10(14)3-5-11/h2-9H,1H3. The van der Waals surface area contributed by atoms with E-state index >= 15 is 0 Å². The third-order valence-corrected chi connectivity index (χ3v) is 3.43. The Bertz CT molecular complexity index is 631. The smallest absolute Gasteiger partial charge is 0.175 e. The normalized spacial score (nSPS) is 11.2. The number of sulfone groups is 1. The highest BCUT2D eigenvalue weighted by molar-refractivity contribution is 7.90. The van der Waals surface area contributed by atoms with Crippen LogP contribution < -0.4 is 4.74 Å². The van der Waals surface area contributed by atoms with Crippen molar-refractivity contribution in [3.8, 4) is 11.5 Å². The molecule has 0 N–H and O–H groups in total. The van der Waals surface area contributed by atoms with Crippen molar-refractivity contribution in [2.75, 3.05) is 6.26 Å². The van der Waals surface area contributed by atoms with Gasteiger partial charge in [-0.3, -0.25) is 0 Å². The zero-order valence-corrected chi connectivity index (χ0v) is 10.4. The fraction of sp³-hybridized carbons (Fsp3) is 0.0769. The second-order valence-electron chi connectivity index (χ2n) is 3.80. The molecule has 0 aliphatic carbocycles. The van der Waals surface area contributed by atoms with Crippen molar-refractivity contribution < 1.29 is 17.5 Å². The van der Waals surface area contributed by atoms with E-state index in [2.05, 4.69) is 0 Å². The van der Waals surface area contributed by atoms with Gasteiger partial charge in [0.1, 0.15) is 17.3 Å². The van der Waals surface area contributed by atoms with Crippen LogP contribution in [-0.2, 0) is 9.84 Å². The lowest BCUT2D eigenvalue weighted by Gasteiger charge is -2.06. The van der Waals surface area contributed by atoms with Crippen LogP contribution in [0, 0.1) is 5.82 Å². The van der Waals surface area contributed by atoms with E-state index in [-0.39, 0.29) is 10.7 Å². The maximum Gasteiger partial charge on any atom is 0.175 e. The Morgan fingerprint density at radius 2 is 1.33 bits per heavy atom. The van der Waals surface area contributed by atoms with Gasteiger partial charge in [-0.25, -0.2) is 12.8 Å². The summed E-state index contributed by atoms with van der Waals surface area (Å²) in [5.41, 5.74) is 0. The van der Waals surface area contributed by atoms with Crippen molar-refractivity contribution in [3.63, 3.8) is 0 Å². The Hall–Kier alpha value is -1.88. The lowest BCUT2D eigenvalue weighted by molar-refractivity contribution is 0.480. The molecule has 0 fully saturated rings. The van der Waals surface area contributed by atoms with Crippen LogP contribution in [0.3, 0.4) is 0 Å². The van der Waals surface area contributed by atoms with Gasteiger partial charge < -0.3 is 4.74 Å². The molecule has 2 aromatic carbocycles. The lowest BCUT2D eigenvalue weighted by Crippen LogP contribution is -1.96. The summed E-state index contributed by atoms with van der Waals surface area (Å²) in [6, 6.07) is 11.6. The van der Waals surface area contributed by atoms with Crippen LogP contribution in [0.2, 0.25) is 0 Å². The maximum atomic E-state index is 12.7. The van der Waals surface area contributed by atoms with Crippen LogP contribution >= 0.6 is 0 Å². The summed E-state index contributed by atoms with van der Waals surface area (Å²) in [7, 11) is -3.20. The monoisotopic (exact) mass is 266 g/mol. The quantitative estimate of drug-likeness (QED) is 0.857. The molecule has 0 spiro atoms. The molecule has 0 aliphatic heterocycles. The van der Waals surface area contributed by atoms with Crippen LogP contribution in [0.4, 0.5) is 4.39 Å². The van der Waals surface area contributed by atoms with Crippen LogP contribution in [0.5, 0.6) is 11.5 Å². The third-order valence-electron chi connectivity index (χ3n) is 2.30. The summed E-state index contributed by atoms with van der Waals surface area (Å²) in [5, 5.41) is 0. The van der Waals surface area contributed by atoms with Crippen LogP contribution in [0.15, 0.2) is 53.4 Å². The van der Waals surface area contributed by atoms with Gasteiger partial charge in [0.15, 0.2) is 9.84 Å². The van der Waals surface area contributed by atoms with Crippen molar-refractivity contribution in [1.29, 1.82) is 0 Å². The van der Waals surface area contributed by atoms with E-state index in [9.17, 15) is 12.8 Å². The molecule has 2 aromatic rings. The molecule has 0 heterocycles. The Balaban J connectivity index is 2.18. The van der Waals surface area contributed by atoms with Crippen LogP contribution in [0.25, 0.3) is 0 Å². The first-order valence-corrected chi connectivity index (χ1v) is 7.08. The molecular weight excluding hydrogens is 255 g/mol. The molecular formula is C13H11FO3S. The van der Waals surface area contributed by atoms with Gasteiger partial charge in [-0.1, -0.05) is 0 Å². The molecule has 0 atom stereocenters. The third kappa shape index (κ3) is 3.07. The summed E-state index contributed by atoms with van der Waals surface area (Å²) < 4.78 is 40.6. The van der Waals surface area contributed by atoms with Gasteiger partial charge in [-0.2, -0.15) is 0 Å². The van der Waals surface area contributed by atoms with E-state index in [0.29, 0.717) is 11.5 Å². The highest BCUT2D eigenvalue weighted by Gasteiger charge is 2.06. The van der Waals surface area contributed by atoms with Crippen molar-refractivity contribution in [2.24, 2.45) is 0 Å². The molecule has 5 heteroatoms. The molecule has 0 saturated carbocycles. The Morgan fingerprint density at radius 3 is 1.78 bits per heavy atom. The predicted octanol–water partition coefficient (Wildman–Crippen LogP) is 3.02. The number of halogens is 1. The van der Waals surface area contributed by atoms with E-state index in [1.54, 1.807) is 12.1 Å². The summed E-state index contributed by atoms with van der Waals surface area (Å²) in [6.07, 6.45) is 1.14. The average Bonchev–Trinajstić information content (AvgIpc) is 2.32. The molecule has 0 radical (unpaired) electrons. The second kappa shape index (κ2) is 4.78. The van der Waals surface area contributed by atoms with Crippen molar-refractivity contribution >= 4 is 9.84 Å². The minimum atomic E-state index is -3.20. The maximum absolute atomic E-state index is 12.7. The molecule has 0 aliphatic rings. The van der Waals surface area contributed by atoms with E-state index in [1.165, 1.54) is 36.4 Å². The summed E-state index contributed by atoms with van der Waals surface area (Å²) in [5.74, 6) is 0.646. The number of benzene rings is 2. The number of ether oxygens (including phenoxy) is 1. The predicted molar refractivity (Wildman–Crippen MR) is 66.0 cm³/mol. The van der Waals surface area contributed by atoms with Gasteiger partial charge >= 0.3 is 0 Å². The van der Waals surface area contributed by atoms with Crippen LogP contribution in [0.1, 0.15) is 0 Å². The van der Waals surface area contributed by atoms with Gasteiger partial charge in [0, 0.05) is 6.26 Å². The summed E-state index contributed by atoms with van der Waals surface area (Å²) >= 11 is 0. The molecule has 3 nitrogen and oxygen atoms in total. The van der Waals surface area contributed by atoms with E-state index in [1.807, 2.05) is 0 Å². The van der Waals surface area contributed by atoms with Gasteiger partial charge in [0.25, 0.3) is 0 Å². The molecule has 94 valence electrons. The average molecular weight is 266 g/mol. The molecule has 0 saturated heterocycles. The molecule has 0 amide bonds. The minimum absolute atomic E-state index is 0.231. The van der Waals surface area contributed by atoms with Crippen LogP contribution in [-0.4, -0.2) is 14.7 Å². The number of hydrogen-bond acceptors (Lipinski definition) is 3. The van der Waals surface area contributed by atoms with E-state index in [0.717, 1.165) is 6.26 Å². The van der Waals surface area contributed by atoms with Gasteiger partial charge in [0.2, 0.25) is 0 Å². The van der Waals surface area contributed by atoms with Gasteiger partial charge in [-0.15, -0.1) is 0 Å². The molecule has 18 heavy (non-hydrogen) atoms. The Kier molecular flexibility index (Phi) is 3.34. The largest absolute Gasteiger partial charge is 0.457 e. The zero-order chi connectivity index (χ0) is 13.2. The molecule has 0 aromatic heterocycles. The van der Waals surface area contributed by atoms with Gasteiger partial charge in [0.05, 0.1) is 4.90 Å². The fourth-order valence-corrected chi connectivity index (χ4v) is 2.02. The SMILES string of the molecule is CS(=O)(=O)c1ccc(Oc2ccc(F)cc2)cc1. The first-order valence-electron chi connectivity index (χ1n) is 5.19. The van der Waals surface area contributed by atoms with E-state index in [4.69, 9.17) is 4.74 Å². The first kappa shape index (κ1) is 12.6. The Labute approximate surface area is 105 Å². The summed E-state index contributed by atoms with van der Waals surface area (Å²) in [6.45, 7) is 0. The zero-order valence-electron chi connectivity index (χ0n) is 9.63. The topological polar surface area (TPSA) is 43.4 Å². The molecule has 0 bridgehead atoms. The highest BCUT2D eigenvalue weighted by Crippen LogP contribution is 2.22. The number of rotatable bonds is 3. The molecule has 2 rings (SSSR count). The minimum Gasteiger partial charge on any atom is -0.457 e.